The van der Waals surface area contributed by atoms with Gasteiger partial charge in [0.15, 0.2) is 10.8 Å². The highest BCUT2D eigenvalue weighted by Crippen LogP contribution is 2.36. The predicted molar refractivity (Wildman–Crippen MR) is 117 cm³/mol. The number of aromatic nitrogens is 5. The third kappa shape index (κ3) is 2.91. The van der Waals surface area contributed by atoms with Crippen molar-refractivity contribution in [1.29, 1.82) is 0 Å². The maximum atomic E-state index is 13.6. The second kappa shape index (κ2) is 7.00. The molecule has 0 unspecified atom stereocenters. The van der Waals surface area contributed by atoms with E-state index in [1.165, 1.54) is 11.6 Å². The Bertz CT molecular complexity index is 1360. The third-order valence-corrected chi connectivity index (χ3v) is 6.79. The van der Waals surface area contributed by atoms with Crippen LogP contribution in [0.3, 0.4) is 0 Å². The van der Waals surface area contributed by atoms with Crippen LogP contribution in [0.15, 0.2) is 42.7 Å². The average Bonchev–Trinajstić information content (AvgIpc) is 3.51. The number of pyridine rings is 2. The number of halogens is 1. The molecule has 1 saturated heterocycles. The molecule has 6 heterocycles. The van der Waals surface area contributed by atoms with Crippen LogP contribution in [0.1, 0.15) is 24.3 Å². The standard InChI is InChI=1S/C22H19FN6S/c23-19-2-1-18(30-19)14-5-8-25-21-15(14)10-17(27-21)20-16-9-13(11-26-22(16)29-28-20)12-3-6-24-7-4-12/h1-2,5,8-12,24H,3-4,6-7H2,(H,25,27)(H,26,28,29). The molecule has 0 saturated carbocycles. The summed E-state index contributed by atoms with van der Waals surface area (Å²) >= 11 is 1.14. The minimum atomic E-state index is -0.193. The first-order valence-electron chi connectivity index (χ1n) is 10.0. The van der Waals surface area contributed by atoms with Crippen LogP contribution in [0, 0.1) is 5.13 Å². The smallest absolute Gasteiger partial charge is 0.181 e. The Labute approximate surface area is 175 Å². The van der Waals surface area contributed by atoms with Crippen molar-refractivity contribution >= 4 is 33.4 Å². The Morgan fingerprint density at radius 3 is 2.77 bits per heavy atom. The zero-order valence-electron chi connectivity index (χ0n) is 16.1. The van der Waals surface area contributed by atoms with E-state index in [2.05, 4.69) is 42.6 Å². The van der Waals surface area contributed by atoms with Crippen molar-refractivity contribution in [1.82, 2.24) is 30.5 Å². The summed E-state index contributed by atoms with van der Waals surface area (Å²) < 4.78 is 13.6. The molecular weight excluding hydrogens is 399 g/mol. The molecule has 3 N–H and O–H groups in total. The first-order valence-corrected chi connectivity index (χ1v) is 10.9. The van der Waals surface area contributed by atoms with E-state index in [1.807, 2.05) is 18.3 Å². The molecule has 0 radical (unpaired) electrons. The van der Waals surface area contributed by atoms with Crippen molar-refractivity contribution in [3.63, 3.8) is 0 Å². The molecule has 8 heteroatoms. The first kappa shape index (κ1) is 17.7. The Morgan fingerprint density at radius 2 is 1.93 bits per heavy atom. The molecule has 1 fully saturated rings. The van der Waals surface area contributed by atoms with Crippen molar-refractivity contribution in [2.24, 2.45) is 0 Å². The normalized spacial score (nSPS) is 15.4. The van der Waals surface area contributed by atoms with Gasteiger partial charge in [-0.05, 0) is 67.7 Å². The highest BCUT2D eigenvalue weighted by atomic mass is 32.1. The maximum absolute atomic E-state index is 13.6. The van der Waals surface area contributed by atoms with Crippen LogP contribution in [0.4, 0.5) is 4.39 Å². The molecule has 0 aliphatic carbocycles. The molecule has 0 spiro atoms. The fourth-order valence-corrected chi connectivity index (χ4v) is 5.11. The Morgan fingerprint density at radius 1 is 1.03 bits per heavy atom. The van der Waals surface area contributed by atoms with E-state index < -0.39 is 0 Å². The SMILES string of the molecule is Fc1ccc(-c2ccnc3[nH]c(-c4[nH]nc5ncc(C6CCNCC6)cc45)cc23)s1. The predicted octanol–water partition coefficient (Wildman–Crippen LogP) is 4.84. The molecule has 150 valence electrons. The lowest BCUT2D eigenvalue weighted by atomic mass is 9.91. The van der Waals surface area contributed by atoms with Crippen molar-refractivity contribution in [2.45, 2.75) is 18.8 Å². The van der Waals surface area contributed by atoms with E-state index in [9.17, 15) is 4.39 Å². The lowest BCUT2D eigenvalue weighted by Gasteiger charge is -2.22. The highest BCUT2D eigenvalue weighted by molar-refractivity contribution is 7.14. The van der Waals surface area contributed by atoms with Gasteiger partial charge >= 0.3 is 0 Å². The molecule has 0 atom stereocenters. The zero-order chi connectivity index (χ0) is 20.1. The van der Waals surface area contributed by atoms with Gasteiger partial charge in [-0.15, -0.1) is 11.3 Å². The minimum Gasteiger partial charge on any atom is -0.338 e. The summed E-state index contributed by atoms with van der Waals surface area (Å²) in [6, 6.07) is 9.50. The average molecular weight is 419 g/mol. The number of nitrogens with zero attached hydrogens (tertiary/aromatic N) is 3. The van der Waals surface area contributed by atoms with Gasteiger partial charge in [-0.25, -0.2) is 9.97 Å². The zero-order valence-corrected chi connectivity index (χ0v) is 16.9. The molecule has 5 aromatic heterocycles. The van der Waals surface area contributed by atoms with Gasteiger partial charge in [0.05, 0.1) is 11.4 Å². The quantitative estimate of drug-likeness (QED) is 0.392. The first-order chi connectivity index (χ1) is 14.8. The third-order valence-electron chi connectivity index (χ3n) is 5.88. The van der Waals surface area contributed by atoms with Gasteiger partial charge in [-0.2, -0.15) is 9.49 Å². The van der Waals surface area contributed by atoms with Crippen LogP contribution in [-0.2, 0) is 0 Å². The van der Waals surface area contributed by atoms with E-state index in [0.717, 1.165) is 75.5 Å². The topological polar surface area (TPSA) is 82.3 Å². The summed E-state index contributed by atoms with van der Waals surface area (Å²) in [5, 5.41) is 12.7. The summed E-state index contributed by atoms with van der Waals surface area (Å²) in [6.07, 6.45) is 5.95. The number of piperidine rings is 1. The summed E-state index contributed by atoms with van der Waals surface area (Å²) in [4.78, 5) is 13.3. The lowest BCUT2D eigenvalue weighted by Crippen LogP contribution is -2.26. The molecular formula is C22H19FN6S. The lowest BCUT2D eigenvalue weighted by molar-refractivity contribution is 0.460. The van der Waals surface area contributed by atoms with Crippen LogP contribution in [0.25, 0.3) is 43.9 Å². The monoisotopic (exact) mass is 418 g/mol. The molecule has 5 aromatic rings. The van der Waals surface area contributed by atoms with E-state index in [0.29, 0.717) is 11.6 Å². The van der Waals surface area contributed by atoms with Gasteiger partial charge in [0, 0.05) is 33.6 Å². The summed E-state index contributed by atoms with van der Waals surface area (Å²) in [6.45, 7) is 2.08. The Kier molecular flexibility index (Phi) is 4.14. The maximum Gasteiger partial charge on any atom is 0.181 e. The second-order valence-electron chi connectivity index (χ2n) is 7.67. The van der Waals surface area contributed by atoms with Crippen molar-refractivity contribution in [3.05, 3.63) is 53.4 Å². The fourth-order valence-electron chi connectivity index (χ4n) is 4.34. The molecule has 1 aliphatic heterocycles. The fraction of sp³-hybridized carbons (Fsp3) is 0.227. The van der Waals surface area contributed by atoms with E-state index in [-0.39, 0.29) is 5.13 Å². The Balaban J connectivity index is 1.47. The van der Waals surface area contributed by atoms with Crippen LogP contribution < -0.4 is 5.32 Å². The molecule has 6 nitrogen and oxygen atoms in total. The number of fused-ring (bicyclic) bond motifs is 2. The summed E-state index contributed by atoms with van der Waals surface area (Å²) in [5.41, 5.74) is 5.49. The number of hydrogen-bond acceptors (Lipinski definition) is 5. The van der Waals surface area contributed by atoms with E-state index >= 15 is 0 Å². The molecule has 6 rings (SSSR count). The van der Waals surface area contributed by atoms with Gasteiger partial charge in [0.1, 0.15) is 5.65 Å². The van der Waals surface area contributed by atoms with Crippen LogP contribution in [0.2, 0.25) is 0 Å². The highest BCUT2D eigenvalue weighted by Gasteiger charge is 2.19. The van der Waals surface area contributed by atoms with Crippen molar-refractivity contribution in [3.8, 4) is 21.8 Å². The van der Waals surface area contributed by atoms with Gasteiger partial charge in [0.25, 0.3) is 0 Å². The summed E-state index contributed by atoms with van der Waals surface area (Å²) in [5.74, 6) is 0.524. The van der Waals surface area contributed by atoms with Crippen molar-refractivity contribution in [2.75, 3.05) is 13.1 Å². The second-order valence-corrected chi connectivity index (χ2v) is 8.70. The van der Waals surface area contributed by atoms with Gasteiger partial charge in [0.2, 0.25) is 0 Å². The molecule has 1 aliphatic rings. The molecule has 0 aromatic carbocycles. The van der Waals surface area contributed by atoms with Crippen LogP contribution in [0.5, 0.6) is 0 Å². The van der Waals surface area contributed by atoms with E-state index in [4.69, 9.17) is 0 Å². The number of rotatable bonds is 3. The van der Waals surface area contributed by atoms with E-state index in [1.54, 1.807) is 6.20 Å². The van der Waals surface area contributed by atoms with Gasteiger partial charge < -0.3 is 10.3 Å². The molecule has 0 bridgehead atoms. The number of H-pyrrole nitrogens is 2. The number of thiophene rings is 1. The number of nitrogens with one attached hydrogen (secondary N) is 3. The van der Waals surface area contributed by atoms with Crippen LogP contribution in [-0.4, -0.2) is 38.2 Å². The summed E-state index contributed by atoms with van der Waals surface area (Å²) in [7, 11) is 0. The van der Waals surface area contributed by atoms with Crippen LogP contribution >= 0.6 is 11.3 Å². The number of aromatic amines is 2. The van der Waals surface area contributed by atoms with Gasteiger partial charge in [-0.3, -0.25) is 5.10 Å². The largest absolute Gasteiger partial charge is 0.338 e. The number of hydrogen-bond donors (Lipinski definition) is 3. The molecule has 30 heavy (non-hydrogen) atoms. The molecule has 0 amide bonds. The van der Waals surface area contributed by atoms with Gasteiger partial charge in [-0.1, -0.05) is 0 Å². The van der Waals surface area contributed by atoms with Crippen molar-refractivity contribution < 1.29 is 4.39 Å². The minimum absolute atomic E-state index is 0.193. The Hall–Kier alpha value is -3.10.